The number of carbonyl (C=O) groups is 1. The summed E-state index contributed by atoms with van der Waals surface area (Å²) >= 11 is 1.21. The van der Waals surface area contributed by atoms with Crippen LogP contribution in [-0.2, 0) is 4.74 Å². The lowest BCUT2D eigenvalue weighted by Gasteiger charge is -2.25. The Labute approximate surface area is 123 Å². The van der Waals surface area contributed by atoms with E-state index < -0.39 is 0 Å². The van der Waals surface area contributed by atoms with E-state index in [4.69, 9.17) is 10.5 Å². The van der Waals surface area contributed by atoms with E-state index in [9.17, 15) is 4.79 Å². The van der Waals surface area contributed by atoms with Crippen molar-refractivity contribution in [1.29, 1.82) is 0 Å². The van der Waals surface area contributed by atoms with Crippen molar-refractivity contribution >= 4 is 28.3 Å². The number of rotatable bonds is 7. The van der Waals surface area contributed by atoms with Gasteiger partial charge in [0.05, 0.1) is 5.60 Å². The van der Waals surface area contributed by atoms with Crippen molar-refractivity contribution in [2.75, 3.05) is 24.2 Å². The molecule has 2 rings (SSSR count). The van der Waals surface area contributed by atoms with Crippen molar-refractivity contribution in [3.8, 4) is 0 Å². The predicted octanol–water partition coefficient (Wildman–Crippen LogP) is 1.84. The van der Waals surface area contributed by atoms with E-state index in [1.807, 2.05) is 20.8 Å². The molecule has 0 spiro atoms. The lowest BCUT2D eigenvalue weighted by molar-refractivity contribution is 0.000726. The van der Waals surface area contributed by atoms with Crippen molar-refractivity contribution in [3.63, 3.8) is 0 Å². The van der Waals surface area contributed by atoms with Gasteiger partial charge in [0.1, 0.15) is 10.6 Å². The zero-order valence-electron chi connectivity index (χ0n) is 12.2. The number of anilines is 2. The third-order valence-electron chi connectivity index (χ3n) is 3.07. The second-order valence-corrected chi connectivity index (χ2v) is 6.34. The molecule has 7 heteroatoms. The summed E-state index contributed by atoms with van der Waals surface area (Å²) in [5.41, 5.74) is 5.95. The Hall–Kier alpha value is -1.34. The number of hydrogen-bond acceptors (Lipinski definition) is 6. The summed E-state index contributed by atoms with van der Waals surface area (Å²) in [5, 5.41) is 6.86. The maximum Gasteiger partial charge on any atom is 0.258 e. The second-order valence-electron chi connectivity index (χ2n) is 5.57. The zero-order chi connectivity index (χ0) is 14.8. The van der Waals surface area contributed by atoms with Crippen LogP contribution < -0.4 is 16.4 Å². The molecule has 0 atom stereocenters. The quantitative estimate of drug-likeness (QED) is 0.715. The van der Waals surface area contributed by atoms with Gasteiger partial charge in [-0.05, 0) is 45.1 Å². The Morgan fingerprint density at radius 3 is 2.85 bits per heavy atom. The summed E-state index contributed by atoms with van der Waals surface area (Å²) in [7, 11) is 0. The molecule has 1 aliphatic rings. The van der Waals surface area contributed by atoms with Gasteiger partial charge < -0.3 is 21.1 Å². The minimum absolute atomic E-state index is 0.143. The highest BCUT2D eigenvalue weighted by atomic mass is 32.1. The average Bonchev–Trinajstić information content (AvgIpc) is 3.08. The number of nitrogen functional groups attached to an aromatic ring is 1. The summed E-state index contributed by atoms with van der Waals surface area (Å²) in [6.07, 6.45) is 2.09. The Balaban J connectivity index is 2.02. The Morgan fingerprint density at radius 1 is 1.55 bits per heavy atom. The molecule has 1 heterocycles. The van der Waals surface area contributed by atoms with Crippen LogP contribution in [0.1, 0.15) is 44.0 Å². The van der Waals surface area contributed by atoms with E-state index >= 15 is 0 Å². The molecule has 0 saturated heterocycles. The molecule has 1 aromatic heterocycles. The van der Waals surface area contributed by atoms with E-state index in [-0.39, 0.29) is 17.3 Å². The average molecular weight is 298 g/mol. The molecule has 1 aliphatic carbocycles. The van der Waals surface area contributed by atoms with E-state index in [0.717, 1.165) is 12.8 Å². The number of nitrogens with zero attached hydrogens (tertiary/aromatic N) is 1. The molecule has 1 fully saturated rings. The maximum atomic E-state index is 12.2. The molecule has 1 saturated carbocycles. The molecule has 1 aromatic rings. The zero-order valence-corrected chi connectivity index (χ0v) is 13.0. The number of nitrogens with two attached hydrogens (primary N) is 1. The molecule has 0 bridgehead atoms. The van der Waals surface area contributed by atoms with Crippen molar-refractivity contribution in [3.05, 3.63) is 5.56 Å². The number of carbonyl (C=O) groups excluding carboxylic acids is 1. The molecule has 20 heavy (non-hydrogen) atoms. The molecular formula is C13H22N4O2S. The fourth-order valence-electron chi connectivity index (χ4n) is 1.86. The number of amides is 1. The van der Waals surface area contributed by atoms with Gasteiger partial charge in [-0.15, -0.1) is 0 Å². The first-order valence-electron chi connectivity index (χ1n) is 6.87. The summed E-state index contributed by atoms with van der Waals surface area (Å²) in [6, 6.07) is 0.300. The van der Waals surface area contributed by atoms with Crippen molar-refractivity contribution < 1.29 is 9.53 Å². The van der Waals surface area contributed by atoms with E-state index in [2.05, 4.69) is 15.0 Å². The van der Waals surface area contributed by atoms with Gasteiger partial charge >= 0.3 is 0 Å². The molecule has 6 nitrogen and oxygen atoms in total. The molecular weight excluding hydrogens is 276 g/mol. The molecule has 0 aliphatic heterocycles. The normalized spacial score (nSPS) is 15.2. The van der Waals surface area contributed by atoms with Gasteiger partial charge in [0, 0.05) is 19.2 Å². The predicted molar refractivity (Wildman–Crippen MR) is 81.2 cm³/mol. The smallest absolute Gasteiger partial charge is 0.258 e. The summed E-state index contributed by atoms with van der Waals surface area (Å²) < 4.78 is 9.69. The van der Waals surface area contributed by atoms with Gasteiger partial charge in [0.15, 0.2) is 5.82 Å². The highest BCUT2D eigenvalue weighted by Crippen LogP contribution is 2.29. The molecule has 112 valence electrons. The standard InChI is InChI=1S/C13H22N4O2S/c1-4-19-13(2,3)7-15-12-9(10(14)17-20-12)11(18)16-8-5-6-8/h8,15H,4-7H2,1-3H3,(H2,14,17)(H,16,18). The number of aromatic nitrogens is 1. The van der Waals surface area contributed by atoms with Crippen LogP contribution in [0.25, 0.3) is 0 Å². The molecule has 0 unspecified atom stereocenters. The lowest BCUT2D eigenvalue weighted by Crippen LogP contribution is -2.34. The number of ether oxygens (including phenoxy) is 1. The van der Waals surface area contributed by atoms with Crippen LogP contribution in [-0.4, -0.2) is 35.1 Å². The molecule has 0 radical (unpaired) electrons. The third-order valence-corrected chi connectivity index (χ3v) is 3.89. The SMILES string of the molecule is CCOC(C)(C)CNc1snc(N)c1C(=O)NC1CC1. The summed E-state index contributed by atoms with van der Waals surface area (Å²) in [6.45, 7) is 7.19. The monoisotopic (exact) mass is 298 g/mol. The number of nitrogens with one attached hydrogen (secondary N) is 2. The van der Waals surface area contributed by atoms with Crippen LogP contribution in [0.5, 0.6) is 0 Å². The summed E-state index contributed by atoms with van der Waals surface area (Å²) in [4.78, 5) is 12.2. The van der Waals surface area contributed by atoms with Crippen LogP contribution in [0.2, 0.25) is 0 Å². The van der Waals surface area contributed by atoms with Crippen molar-refractivity contribution in [2.24, 2.45) is 0 Å². The van der Waals surface area contributed by atoms with Gasteiger partial charge in [-0.25, -0.2) is 0 Å². The third kappa shape index (κ3) is 3.83. The Morgan fingerprint density at radius 2 is 2.25 bits per heavy atom. The minimum atomic E-state index is -0.308. The van der Waals surface area contributed by atoms with Crippen molar-refractivity contribution in [2.45, 2.75) is 45.3 Å². The van der Waals surface area contributed by atoms with Crippen LogP contribution in [0, 0.1) is 0 Å². The van der Waals surface area contributed by atoms with E-state index in [1.54, 1.807) is 0 Å². The lowest BCUT2D eigenvalue weighted by atomic mass is 10.1. The largest absolute Gasteiger partial charge is 0.382 e. The fraction of sp³-hybridized carbons (Fsp3) is 0.692. The highest BCUT2D eigenvalue weighted by Gasteiger charge is 2.28. The Bertz CT molecular complexity index is 483. The first-order valence-corrected chi connectivity index (χ1v) is 7.64. The van der Waals surface area contributed by atoms with Gasteiger partial charge in [-0.3, -0.25) is 4.79 Å². The van der Waals surface area contributed by atoms with Crippen LogP contribution in [0.3, 0.4) is 0 Å². The minimum Gasteiger partial charge on any atom is -0.382 e. The van der Waals surface area contributed by atoms with Gasteiger partial charge in [-0.1, -0.05) is 0 Å². The number of hydrogen-bond donors (Lipinski definition) is 3. The van der Waals surface area contributed by atoms with Crippen LogP contribution in [0.15, 0.2) is 0 Å². The van der Waals surface area contributed by atoms with E-state index in [0.29, 0.717) is 29.8 Å². The maximum absolute atomic E-state index is 12.2. The highest BCUT2D eigenvalue weighted by molar-refractivity contribution is 7.11. The molecule has 4 N–H and O–H groups in total. The van der Waals surface area contributed by atoms with Gasteiger partial charge in [0.25, 0.3) is 5.91 Å². The Kier molecular flexibility index (Phi) is 4.49. The van der Waals surface area contributed by atoms with Crippen molar-refractivity contribution in [1.82, 2.24) is 9.69 Å². The first kappa shape index (κ1) is 15.1. The second kappa shape index (κ2) is 5.97. The molecule has 1 amide bonds. The first-order chi connectivity index (χ1) is 9.43. The van der Waals surface area contributed by atoms with Gasteiger partial charge in [-0.2, -0.15) is 4.37 Å². The van der Waals surface area contributed by atoms with Crippen LogP contribution >= 0.6 is 11.5 Å². The molecule has 0 aromatic carbocycles. The fourth-order valence-corrected chi connectivity index (χ4v) is 2.57. The summed E-state index contributed by atoms with van der Waals surface area (Å²) in [5.74, 6) is 0.139. The van der Waals surface area contributed by atoms with E-state index in [1.165, 1.54) is 11.5 Å². The van der Waals surface area contributed by atoms with Crippen LogP contribution in [0.4, 0.5) is 10.8 Å². The van der Waals surface area contributed by atoms with Gasteiger partial charge in [0.2, 0.25) is 0 Å². The topological polar surface area (TPSA) is 89.3 Å².